The van der Waals surface area contributed by atoms with Gasteiger partial charge in [0.15, 0.2) is 0 Å². The number of ether oxygens (including phenoxy) is 1. The molecule has 140 valence electrons. The summed E-state index contributed by atoms with van der Waals surface area (Å²) in [7, 11) is -3.69. The second-order valence-electron chi connectivity index (χ2n) is 7.00. The molecule has 2 rings (SSSR count). The third-order valence-electron chi connectivity index (χ3n) is 3.59. The Labute approximate surface area is 158 Å². The molecular weight excluding hydrogens is 389 g/mol. The van der Waals surface area contributed by atoms with E-state index >= 15 is 0 Å². The number of likely N-dealkylation sites (tertiary alicyclic amines) is 1. The van der Waals surface area contributed by atoms with Crippen LogP contribution in [-0.4, -0.2) is 50.5 Å². The number of benzene rings is 1. The zero-order valence-electron chi connectivity index (χ0n) is 14.5. The third-order valence-corrected chi connectivity index (χ3v) is 4.92. The van der Waals surface area contributed by atoms with Crippen molar-refractivity contribution in [2.75, 3.05) is 19.3 Å². The van der Waals surface area contributed by atoms with Gasteiger partial charge in [-0.05, 0) is 38.5 Å². The van der Waals surface area contributed by atoms with Crippen molar-refractivity contribution in [1.29, 1.82) is 0 Å². The standard InChI is InChI=1S/C16H21Cl2NO5S/c1-16(2,3)23-15(20)19-8-11(14(9-19)24-25(4,21)22)10-5-6-12(17)13(18)7-10/h5-7,11,14H,8-9H2,1-4H3/t11-,14+/m0/s1. The second-order valence-corrected chi connectivity index (χ2v) is 9.42. The molecule has 0 N–H and O–H groups in total. The highest BCUT2D eigenvalue weighted by atomic mass is 35.5. The SMILES string of the molecule is CC(C)(C)OC(=O)N1C[C@@H](OS(C)(=O)=O)[C@H](c2ccc(Cl)c(Cl)c2)C1. The zero-order chi connectivity index (χ0) is 19.0. The van der Waals surface area contributed by atoms with Crippen molar-refractivity contribution >= 4 is 39.4 Å². The summed E-state index contributed by atoms with van der Waals surface area (Å²) in [5.41, 5.74) is 0.0977. The van der Waals surface area contributed by atoms with Crippen molar-refractivity contribution in [3.05, 3.63) is 33.8 Å². The molecule has 1 aromatic carbocycles. The van der Waals surface area contributed by atoms with Gasteiger partial charge in [0.2, 0.25) is 0 Å². The molecule has 0 saturated carbocycles. The quantitative estimate of drug-likeness (QED) is 0.711. The molecule has 1 amide bonds. The molecule has 6 nitrogen and oxygen atoms in total. The van der Waals surface area contributed by atoms with E-state index in [1.165, 1.54) is 4.90 Å². The fraction of sp³-hybridized carbons (Fsp3) is 0.562. The van der Waals surface area contributed by atoms with Crippen LogP contribution >= 0.6 is 23.2 Å². The Bertz CT molecular complexity index is 760. The van der Waals surface area contributed by atoms with Gasteiger partial charge in [0.25, 0.3) is 10.1 Å². The van der Waals surface area contributed by atoms with Crippen molar-refractivity contribution in [3.8, 4) is 0 Å². The van der Waals surface area contributed by atoms with E-state index < -0.39 is 27.9 Å². The Morgan fingerprint density at radius 1 is 1.20 bits per heavy atom. The summed E-state index contributed by atoms with van der Waals surface area (Å²) in [5, 5.41) is 0.751. The summed E-state index contributed by atoms with van der Waals surface area (Å²) >= 11 is 12.0. The van der Waals surface area contributed by atoms with Crippen molar-refractivity contribution in [1.82, 2.24) is 4.90 Å². The van der Waals surface area contributed by atoms with Crippen LogP contribution in [0, 0.1) is 0 Å². The first-order valence-corrected chi connectivity index (χ1v) is 10.2. The number of carbonyl (C=O) groups excluding carboxylic acids is 1. The maximum atomic E-state index is 12.3. The Balaban J connectivity index is 2.27. The summed E-state index contributed by atoms with van der Waals surface area (Å²) in [6.07, 6.45) is -0.258. The molecule has 1 saturated heterocycles. The van der Waals surface area contributed by atoms with Crippen molar-refractivity contribution in [2.45, 2.75) is 38.4 Å². The van der Waals surface area contributed by atoms with Gasteiger partial charge in [-0.1, -0.05) is 29.3 Å². The van der Waals surface area contributed by atoms with E-state index in [9.17, 15) is 13.2 Å². The van der Waals surface area contributed by atoms with Gasteiger partial charge < -0.3 is 9.64 Å². The molecule has 2 atom stereocenters. The van der Waals surface area contributed by atoms with Crippen molar-refractivity contribution in [2.24, 2.45) is 0 Å². The molecule has 0 aromatic heterocycles. The van der Waals surface area contributed by atoms with Crippen LogP contribution in [0.25, 0.3) is 0 Å². The summed E-state index contributed by atoms with van der Waals surface area (Å²) in [6, 6.07) is 5.04. The van der Waals surface area contributed by atoms with Gasteiger partial charge in [0.1, 0.15) is 11.7 Å². The van der Waals surface area contributed by atoms with E-state index in [0.29, 0.717) is 10.0 Å². The Morgan fingerprint density at radius 3 is 2.36 bits per heavy atom. The molecule has 0 radical (unpaired) electrons. The molecule has 1 aliphatic heterocycles. The fourth-order valence-corrected chi connectivity index (χ4v) is 3.59. The van der Waals surface area contributed by atoms with Gasteiger partial charge in [-0.3, -0.25) is 4.18 Å². The first kappa shape index (κ1) is 20.3. The lowest BCUT2D eigenvalue weighted by Gasteiger charge is -2.24. The average molecular weight is 410 g/mol. The summed E-state index contributed by atoms with van der Waals surface area (Å²) in [5.74, 6) is -0.364. The first-order chi connectivity index (χ1) is 11.4. The van der Waals surface area contributed by atoms with Crippen LogP contribution in [0.4, 0.5) is 4.79 Å². The lowest BCUT2D eigenvalue weighted by atomic mass is 9.96. The summed E-state index contributed by atoms with van der Waals surface area (Å²) in [6.45, 7) is 5.66. The Kier molecular flexibility index (Phi) is 5.93. The third kappa shape index (κ3) is 5.74. The van der Waals surface area contributed by atoms with E-state index in [0.717, 1.165) is 11.8 Å². The topological polar surface area (TPSA) is 72.9 Å². The second kappa shape index (κ2) is 7.31. The molecule has 1 heterocycles. The number of halogens is 2. The Hall–Kier alpha value is -1.02. The van der Waals surface area contributed by atoms with Crippen LogP contribution in [0.3, 0.4) is 0 Å². The van der Waals surface area contributed by atoms with Gasteiger partial charge in [0, 0.05) is 12.5 Å². The minimum Gasteiger partial charge on any atom is -0.444 e. The highest BCUT2D eigenvalue weighted by Crippen LogP contribution is 2.34. The van der Waals surface area contributed by atoms with Crippen LogP contribution in [0.5, 0.6) is 0 Å². The largest absolute Gasteiger partial charge is 0.444 e. The summed E-state index contributed by atoms with van der Waals surface area (Å²) < 4.78 is 33.7. The van der Waals surface area contributed by atoms with E-state index in [2.05, 4.69) is 0 Å². The highest BCUT2D eigenvalue weighted by Gasteiger charge is 2.40. The minimum absolute atomic E-state index is 0.104. The maximum absolute atomic E-state index is 12.3. The molecule has 0 aliphatic carbocycles. The minimum atomic E-state index is -3.69. The van der Waals surface area contributed by atoms with Crippen LogP contribution < -0.4 is 0 Å². The number of hydrogen-bond donors (Lipinski definition) is 0. The maximum Gasteiger partial charge on any atom is 0.410 e. The predicted octanol–water partition coefficient (Wildman–Crippen LogP) is 3.67. The van der Waals surface area contributed by atoms with Crippen LogP contribution in [-0.2, 0) is 19.0 Å². The molecule has 25 heavy (non-hydrogen) atoms. The normalized spacial score (nSPS) is 21.4. The number of hydrogen-bond acceptors (Lipinski definition) is 5. The van der Waals surface area contributed by atoms with E-state index in [1.807, 2.05) is 0 Å². The fourth-order valence-electron chi connectivity index (χ4n) is 2.63. The monoisotopic (exact) mass is 409 g/mol. The molecule has 0 bridgehead atoms. The van der Waals surface area contributed by atoms with Gasteiger partial charge in [-0.2, -0.15) is 8.42 Å². The smallest absolute Gasteiger partial charge is 0.410 e. The van der Waals surface area contributed by atoms with E-state index in [-0.39, 0.29) is 19.0 Å². The van der Waals surface area contributed by atoms with Crippen LogP contribution in [0.1, 0.15) is 32.3 Å². The Morgan fingerprint density at radius 2 is 1.84 bits per heavy atom. The van der Waals surface area contributed by atoms with E-state index in [1.54, 1.807) is 39.0 Å². The molecule has 1 fully saturated rings. The molecule has 1 aromatic rings. The summed E-state index contributed by atoms with van der Waals surface area (Å²) in [4.78, 5) is 13.8. The van der Waals surface area contributed by atoms with Gasteiger partial charge in [-0.15, -0.1) is 0 Å². The molecule has 9 heteroatoms. The van der Waals surface area contributed by atoms with Crippen LogP contribution in [0.2, 0.25) is 10.0 Å². The van der Waals surface area contributed by atoms with Gasteiger partial charge >= 0.3 is 6.09 Å². The molecule has 0 spiro atoms. The predicted molar refractivity (Wildman–Crippen MR) is 96.7 cm³/mol. The number of carbonyl (C=O) groups is 1. The molecule has 1 aliphatic rings. The average Bonchev–Trinajstić information content (AvgIpc) is 2.82. The van der Waals surface area contributed by atoms with E-state index in [4.69, 9.17) is 32.1 Å². The van der Waals surface area contributed by atoms with Gasteiger partial charge in [-0.25, -0.2) is 4.79 Å². The van der Waals surface area contributed by atoms with Crippen molar-refractivity contribution < 1.29 is 22.1 Å². The zero-order valence-corrected chi connectivity index (χ0v) is 16.8. The highest BCUT2D eigenvalue weighted by molar-refractivity contribution is 7.86. The molecule has 0 unspecified atom stereocenters. The first-order valence-electron chi connectivity index (χ1n) is 7.67. The van der Waals surface area contributed by atoms with Crippen LogP contribution in [0.15, 0.2) is 18.2 Å². The number of nitrogens with zero attached hydrogens (tertiary/aromatic N) is 1. The van der Waals surface area contributed by atoms with Gasteiger partial charge in [0.05, 0.1) is 22.8 Å². The molecular formula is C16H21Cl2NO5S. The lowest BCUT2D eigenvalue weighted by Crippen LogP contribution is -2.36. The van der Waals surface area contributed by atoms with Crippen molar-refractivity contribution in [3.63, 3.8) is 0 Å². The number of amides is 1. The lowest BCUT2D eigenvalue weighted by molar-refractivity contribution is 0.0276. The number of rotatable bonds is 3.